The summed E-state index contributed by atoms with van der Waals surface area (Å²) in [6.45, 7) is 3.77. The number of alkyl halides is 3. The molecule has 0 radical (unpaired) electrons. The first-order valence-corrected chi connectivity index (χ1v) is 8.77. The first kappa shape index (κ1) is 17.7. The van der Waals surface area contributed by atoms with Crippen molar-refractivity contribution in [3.05, 3.63) is 46.5 Å². The topological polar surface area (TPSA) is 43.2 Å². The molecule has 1 saturated heterocycles. The lowest BCUT2D eigenvalue weighted by molar-refractivity contribution is -0.134. The van der Waals surface area contributed by atoms with Gasteiger partial charge in [-0.1, -0.05) is 23.5 Å². The molecule has 1 aliphatic rings. The minimum absolute atomic E-state index is 0.438. The zero-order chi connectivity index (χ0) is 17.9. The average molecular weight is 366 g/mol. The number of benzene rings is 1. The molecule has 4 nitrogen and oxygen atoms in total. The van der Waals surface area contributed by atoms with E-state index in [4.69, 9.17) is 5.26 Å². The van der Waals surface area contributed by atoms with Gasteiger partial charge in [0.15, 0.2) is 5.13 Å². The fourth-order valence-electron chi connectivity index (χ4n) is 2.81. The summed E-state index contributed by atoms with van der Waals surface area (Å²) in [7, 11) is 0. The van der Waals surface area contributed by atoms with Gasteiger partial charge in [-0.15, -0.1) is 0 Å². The Kier molecular flexibility index (Phi) is 5.25. The largest absolute Gasteiger partial charge is 0.427 e. The predicted molar refractivity (Wildman–Crippen MR) is 90.4 cm³/mol. The molecule has 0 saturated carbocycles. The highest BCUT2D eigenvalue weighted by atomic mass is 32.1. The van der Waals surface area contributed by atoms with E-state index < -0.39 is 11.1 Å². The van der Waals surface area contributed by atoms with Gasteiger partial charge in [0.1, 0.15) is 4.88 Å². The molecule has 25 heavy (non-hydrogen) atoms. The van der Waals surface area contributed by atoms with Gasteiger partial charge in [-0.3, -0.25) is 4.90 Å². The van der Waals surface area contributed by atoms with E-state index in [1.807, 2.05) is 17.0 Å². The third-order valence-corrected chi connectivity index (χ3v) is 5.22. The highest BCUT2D eigenvalue weighted by molar-refractivity contribution is 7.15. The van der Waals surface area contributed by atoms with Gasteiger partial charge in [0, 0.05) is 32.7 Å². The lowest BCUT2D eigenvalue weighted by atomic mass is 10.1. The Labute approximate surface area is 148 Å². The van der Waals surface area contributed by atoms with Crippen LogP contribution >= 0.6 is 11.3 Å². The van der Waals surface area contributed by atoms with Crippen LogP contribution in [0.15, 0.2) is 30.5 Å². The average Bonchev–Trinajstić information content (AvgIpc) is 2.98. The third kappa shape index (κ3) is 4.50. The molecule has 132 valence electrons. The van der Waals surface area contributed by atoms with Crippen LogP contribution in [0.4, 0.5) is 18.3 Å². The van der Waals surface area contributed by atoms with Gasteiger partial charge in [-0.2, -0.15) is 18.4 Å². The molecule has 2 aromatic rings. The van der Waals surface area contributed by atoms with Crippen LogP contribution in [0, 0.1) is 11.3 Å². The summed E-state index contributed by atoms with van der Waals surface area (Å²) in [5.41, 5.74) is 1.76. The van der Waals surface area contributed by atoms with Crippen molar-refractivity contribution in [2.45, 2.75) is 19.1 Å². The second kappa shape index (κ2) is 7.42. The van der Waals surface area contributed by atoms with Crippen LogP contribution in [-0.2, 0) is 12.7 Å². The summed E-state index contributed by atoms with van der Waals surface area (Å²) in [4.78, 5) is 7.51. The van der Waals surface area contributed by atoms with E-state index in [1.165, 1.54) is 0 Å². The zero-order valence-corrected chi connectivity index (χ0v) is 14.3. The van der Waals surface area contributed by atoms with E-state index >= 15 is 0 Å². The van der Waals surface area contributed by atoms with E-state index in [0.717, 1.165) is 37.8 Å². The van der Waals surface area contributed by atoms with Crippen molar-refractivity contribution in [1.82, 2.24) is 9.88 Å². The number of rotatable bonds is 3. The van der Waals surface area contributed by atoms with Gasteiger partial charge in [0.2, 0.25) is 0 Å². The Morgan fingerprint density at radius 1 is 1.12 bits per heavy atom. The lowest BCUT2D eigenvalue weighted by Gasteiger charge is -2.21. The Balaban J connectivity index is 1.60. The maximum atomic E-state index is 12.7. The zero-order valence-electron chi connectivity index (χ0n) is 13.5. The van der Waals surface area contributed by atoms with Crippen LogP contribution < -0.4 is 4.90 Å². The Morgan fingerprint density at radius 2 is 1.88 bits per heavy atom. The molecule has 8 heteroatoms. The monoisotopic (exact) mass is 366 g/mol. The molecule has 0 aliphatic carbocycles. The summed E-state index contributed by atoms with van der Waals surface area (Å²) in [6.07, 6.45) is -2.54. The molecule has 0 N–H and O–H groups in total. The molecule has 0 bridgehead atoms. The second-order valence-corrected chi connectivity index (χ2v) is 6.94. The van der Waals surface area contributed by atoms with Gasteiger partial charge in [-0.25, -0.2) is 4.98 Å². The molecule has 0 unspecified atom stereocenters. The minimum Gasteiger partial charge on any atom is -0.347 e. The molecule has 1 aromatic carbocycles. The number of halogens is 3. The van der Waals surface area contributed by atoms with E-state index in [9.17, 15) is 13.2 Å². The fourth-order valence-corrected chi connectivity index (χ4v) is 3.64. The summed E-state index contributed by atoms with van der Waals surface area (Å²) >= 11 is 0.706. The molecule has 0 amide bonds. The van der Waals surface area contributed by atoms with Crippen LogP contribution in [0.2, 0.25) is 0 Å². The van der Waals surface area contributed by atoms with E-state index in [2.05, 4.69) is 16.0 Å². The number of anilines is 1. The molecule has 2 heterocycles. The molecule has 1 aliphatic heterocycles. The molecule has 3 rings (SSSR count). The molecular formula is C17H17F3N4S. The van der Waals surface area contributed by atoms with Crippen LogP contribution in [0.25, 0.3) is 0 Å². The number of nitriles is 1. The molecule has 0 atom stereocenters. The highest BCUT2D eigenvalue weighted by Gasteiger charge is 2.34. The van der Waals surface area contributed by atoms with E-state index in [-0.39, 0.29) is 0 Å². The van der Waals surface area contributed by atoms with Crippen LogP contribution in [0.1, 0.15) is 22.4 Å². The van der Waals surface area contributed by atoms with Crippen LogP contribution in [0.3, 0.4) is 0 Å². The van der Waals surface area contributed by atoms with Crippen molar-refractivity contribution in [3.8, 4) is 6.07 Å². The van der Waals surface area contributed by atoms with Crippen molar-refractivity contribution in [2.24, 2.45) is 0 Å². The predicted octanol–water partition coefficient (Wildman–Crippen LogP) is 3.75. The van der Waals surface area contributed by atoms with Crippen molar-refractivity contribution in [2.75, 3.05) is 31.1 Å². The summed E-state index contributed by atoms with van der Waals surface area (Å²) < 4.78 is 38.2. The van der Waals surface area contributed by atoms with Gasteiger partial charge >= 0.3 is 6.18 Å². The number of thiazole rings is 1. The second-order valence-electron chi connectivity index (χ2n) is 5.93. The first-order chi connectivity index (χ1) is 12.0. The van der Waals surface area contributed by atoms with E-state index in [1.54, 1.807) is 12.1 Å². The smallest absolute Gasteiger partial charge is 0.347 e. The summed E-state index contributed by atoms with van der Waals surface area (Å²) in [5, 5.41) is 9.27. The Hall–Kier alpha value is -2.11. The Morgan fingerprint density at radius 3 is 2.52 bits per heavy atom. The van der Waals surface area contributed by atoms with Gasteiger partial charge in [0.05, 0.1) is 17.8 Å². The lowest BCUT2D eigenvalue weighted by Crippen LogP contribution is -2.30. The quantitative estimate of drug-likeness (QED) is 0.830. The SMILES string of the molecule is N#Cc1ccc(CN2CCCN(c3ncc(C(F)(F)F)s3)CC2)cc1. The number of hydrogen-bond donors (Lipinski definition) is 0. The third-order valence-electron chi connectivity index (χ3n) is 4.12. The normalized spacial score (nSPS) is 16.5. The van der Waals surface area contributed by atoms with Gasteiger partial charge in [0.25, 0.3) is 0 Å². The number of nitrogens with zero attached hydrogens (tertiary/aromatic N) is 4. The first-order valence-electron chi connectivity index (χ1n) is 7.95. The Bertz CT molecular complexity index is 748. The maximum Gasteiger partial charge on any atom is 0.427 e. The van der Waals surface area contributed by atoms with E-state index in [0.29, 0.717) is 35.1 Å². The van der Waals surface area contributed by atoms with Crippen LogP contribution in [-0.4, -0.2) is 36.1 Å². The molecule has 0 spiro atoms. The molecule has 1 aromatic heterocycles. The van der Waals surface area contributed by atoms with Crippen molar-refractivity contribution < 1.29 is 13.2 Å². The van der Waals surface area contributed by atoms with Crippen molar-refractivity contribution >= 4 is 16.5 Å². The minimum atomic E-state index is -4.33. The summed E-state index contributed by atoms with van der Waals surface area (Å²) in [6, 6.07) is 9.58. The van der Waals surface area contributed by atoms with Crippen molar-refractivity contribution in [1.29, 1.82) is 5.26 Å². The standard InChI is InChI=1S/C17H17F3N4S/c18-17(19,20)15-11-22-16(25-15)24-7-1-6-23(8-9-24)12-14-4-2-13(10-21)3-5-14/h2-5,11H,1,6-9,12H2. The van der Waals surface area contributed by atoms with Gasteiger partial charge < -0.3 is 4.90 Å². The van der Waals surface area contributed by atoms with Crippen molar-refractivity contribution in [3.63, 3.8) is 0 Å². The van der Waals surface area contributed by atoms with Gasteiger partial charge in [-0.05, 0) is 24.1 Å². The maximum absolute atomic E-state index is 12.7. The van der Waals surface area contributed by atoms with Crippen LogP contribution in [0.5, 0.6) is 0 Å². The summed E-state index contributed by atoms with van der Waals surface area (Å²) in [5.74, 6) is 0. The molecular weight excluding hydrogens is 349 g/mol. The number of aromatic nitrogens is 1. The fraction of sp³-hybridized carbons (Fsp3) is 0.412. The molecule has 1 fully saturated rings. The number of hydrogen-bond acceptors (Lipinski definition) is 5. The highest BCUT2D eigenvalue weighted by Crippen LogP contribution is 2.36.